The Balaban J connectivity index is 2.72. The maximum Gasteiger partial charge on any atom is 0.269 e. The summed E-state index contributed by atoms with van der Waals surface area (Å²) < 4.78 is 0. The molecule has 1 heterocycles. The first kappa shape index (κ1) is 14.2. The Labute approximate surface area is 107 Å². The molecule has 4 heteroatoms. The predicted octanol–water partition coefficient (Wildman–Crippen LogP) is 1.20. The van der Waals surface area contributed by atoms with Gasteiger partial charge in [-0.25, -0.2) is 0 Å². The Hall–Kier alpha value is -1.86. The minimum Gasteiger partial charge on any atom is -0.395 e. The minimum atomic E-state index is -0.295. The Morgan fingerprint density at radius 1 is 1.56 bits per heavy atom. The summed E-state index contributed by atoms with van der Waals surface area (Å²) in [5, 5.41) is 11.2. The maximum absolute atomic E-state index is 11.6. The fraction of sp³-hybridized carbons (Fsp3) is 0.429. The monoisotopic (exact) mass is 246 g/mol. The molecule has 0 aromatic carbocycles. The topological polar surface area (TPSA) is 62.2 Å². The quantitative estimate of drug-likeness (QED) is 0.785. The van der Waals surface area contributed by atoms with Gasteiger partial charge in [0.05, 0.1) is 6.61 Å². The largest absolute Gasteiger partial charge is 0.395 e. The first-order valence-corrected chi connectivity index (χ1v) is 5.97. The van der Waals surface area contributed by atoms with Gasteiger partial charge in [-0.05, 0) is 18.1 Å². The summed E-state index contributed by atoms with van der Waals surface area (Å²) in [7, 11) is 0. The van der Waals surface area contributed by atoms with Crippen LogP contribution in [0.2, 0.25) is 0 Å². The lowest BCUT2D eigenvalue weighted by molar-refractivity contribution is 0.0940. The van der Waals surface area contributed by atoms with Gasteiger partial charge in [-0.3, -0.25) is 9.78 Å². The normalized spacial score (nSPS) is 9.78. The summed E-state index contributed by atoms with van der Waals surface area (Å²) in [4.78, 5) is 15.6. The molecule has 0 unspecified atom stereocenters. The number of nitrogens with zero attached hydrogens (tertiary/aromatic N) is 1. The van der Waals surface area contributed by atoms with E-state index in [4.69, 9.17) is 5.11 Å². The van der Waals surface area contributed by atoms with Crippen molar-refractivity contribution >= 4 is 5.91 Å². The highest BCUT2D eigenvalue weighted by Gasteiger charge is 2.05. The van der Waals surface area contributed by atoms with Gasteiger partial charge in [0.25, 0.3) is 5.91 Å². The zero-order valence-corrected chi connectivity index (χ0v) is 10.7. The second kappa shape index (κ2) is 7.46. The van der Waals surface area contributed by atoms with E-state index in [0.717, 1.165) is 12.0 Å². The molecule has 0 fully saturated rings. The number of aliphatic hydroxyl groups is 1. The molecule has 0 aliphatic rings. The van der Waals surface area contributed by atoms with Gasteiger partial charge in [0, 0.05) is 24.7 Å². The molecule has 1 rings (SSSR count). The van der Waals surface area contributed by atoms with Gasteiger partial charge >= 0.3 is 0 Å². The zero-order chi connectivity index (χ0) is 13.4. The fourth-order valence-electron chi connectivity index (χ4n) is 1.25. The zero-order valence-electron chi connectivity index (χ0n) is 10.7. The molecular weight excluding hydrogens is 228 g/mol. The van der Waals surface area contributed by atoms with Gasteiger partial charge in [0.2, 0.25) is 0 Å². The smallest absolute Gasteiger partial charge is 0.269 e. The molecule has 96 valence electrons. The SMILES string of the molecule is CC(C)CC#Cc1ccnc(C(=O)NCCO)c1. The van der Waals surface area contributed by atoms with E-state index < -0.39 is 0 Å². The lowest BCUT2D eigenvalue weighted by atomic mass is 10.1. The van der Waals surface area contributed by atoms with Crippen molar-refractivity contribution in [2.24, 2.45) is 5.92 Å². The van der Waals surface area contributed by atoms with E-state index in [1.165, 1.54) is 0 Å². The van der Waals surface area contributed by atoms with Crippen LogP contribution in [-0.4, -0.2) is 29.1 Å². The van der Waals surface area contributed by atoms with Crippen LogP contribution < -0.4 is 5.32 Å². The number of pyridine rings is 1. The van der Waals surface area contributed by atoms with Gasteiger partial charge in [-0.15, -0.1) is 0 Å². The molecule has 0 saturated carbocycles. The van der Waals surface area contributed by atoms with Gasteiger partial charge < -0.3 is 10.4 Å². The molecule has 0 radical (unpaired) electrons. The number of carbonyl (C=O) groups excluding carboxylic acids is 1. The summed E-state index contributed by atoms with van der Waals surface area (Å²) >= 11 is 0. The van der Waals surface area contributed by atoms with Crippen molar-refractivity contribution in [3.8, 4) is 11.8 Å². The number of nitrogens with one attached hydrogen (secondary N) is 1. The second-order valence-electron chi connectivity index (χ2n) is 4.31. The molecule has 1 amide bonds. The van der Waals surface area contributed by atoms with Crippen molar-refractivity contribution in [1.82, 2.24) is 10.3 Å². The third kappa shape index (κ3) is 4.98. The van der Waals surface area contributed by atoms with Crippen molar-refractivity contribution in [3.63, 3.8) is 0 Å². The second-order valence-corrected chi connectivity index (χ2v) is 4.31. The first-order valence-electron chi connectivity index (χ1n) is 5.97. The lowest BCUT2D eigenvalue weighted by Gasteiger charge is -2.02. The summed E-state index contributed by atoms with van der Waals surface area (Å²) in [6.07, 6.45) is 2.39. The van der Waals surface area contributed by atoms with Crippen LogP contribution in [-0.2, 0) is 0 Å². The molecule has 0 spiro atoms. The average Bonchev–Trinajstić information content (AvgIpc) is 2.36. The highest BCUT2D eigenvalue weighted by atomic mass is 16.3. The van der Waals surface area contributed by atoms with E-state index in [1.807, 2.05) is 0 Å². The molecular formula is C14H18N2O2. The predicted molar refractivity (Wildman–Crippen MR) is 70.0 cm³/mol. The molecule has 1 aromatic rings. The number of rotatable bonds is 4. The third-order valence-electron chi connectivity index (χ3n) is 2.13. The number of carbonyl (C=O) groups is 1. The van der Waals surface area contributed by atoms with Crippen LogP contribution in [0.25, 0.3) is 0 Å². The first-order chi connectivity index (χ1) is 8.63. The molecule has 18 heavy (non-hydrogen) atoms. The van der Waals surface area contributed by atoms with E-state index in [0.29, 0.717) is 11.6 Å². The maximum atomic E-state index is 11.6. The Kier molecular flexibility index (Phi) is 5.89. The number of hydrogen-bond donors (Lipinski definition) is 2. The number of amides is 1. The van der Waals surface area contributed by atoms with Crippen molar-refractivity contribution in [3.05, 3.63) is 29.6 Å². The summed E-state index contributed by atoms with van der Waals surface area (Å²) in [5.41, 5.74) is 1.10. The molecule has 1 aromatic heterocycles. The molecule has 0 bridgehead atoms. The van der Waals surface area contributed by atoms with Gasteiger partial charge in [0.1, 0.15) is 5.69 Å². The number of aliphatic hydroxyl groups excluding tert-OH is 1. The molecule has 0 saturated heterocycles. The molecule has 4 nitrogen and oxygen atoms in total. The highest BCUT2D eigenvalue weighted by Crippen LogP contribution is 2.02. The summed E-state index contributed by atoms with van der Waals surface area (Å²) in [6, 6.07) is 3.43. The van der Waals surface area contributed by atoms with Crippen molar-refractivity contribution in [2.45, 2.75) is 20.3 Å². The van der Waals surface area contributed by atoms with Gasteiger partial charge in [-0.2, -0.15) is 0 Å². The highest BCUT2D eigenvalue weighted by molar-refractivity contribution is 5.92. The van der Waals surface area contributed by atoms with E-state index in [9.17, 15) is 4.79 Å². The van der Waals surface area contributed by atoms with Crippen LogP contribution in [0.4, 0.5) is 0 Å². The molecule has 0 atom stereocenters. The average molecular weight is 246 g/mol. The van der Waals surface area contributed by atoms with Gasteiger partial charge in [-0.1, -0.05) is 25.7 Å². The lowest BCUT2D eigenvalue weighted by Crippen LogP contribution is -2.27. The van der Waals surface area contributed by atoms with Crippen LogP contribution in [0.1, 0.15) is 36.3 Å². The standard InChI is InChI=1S/C14H18N2O2/c1-11(2)4-3-5-12-6-7-15-13(10-12)14(18)16-8-9-17/h6-7,10-11,17H,4,8-9H2,1-2H3,(H,16,18). The van der Waals surface area contributed by atoms with Crippen molar-refractivity contribution in [2.75, 3.05) is 13.2 Å². The summed E-state index contributed by atoms with van der Waals surface area (Å²) in [5.74, 6) is 6.31. The molecule has 0 aliphatic heterocycles. The van der Waals surface area contributed by atoms with Crippen LogP contribution >= 0.6 is 0 Å². The van der Waals surface area contributed by atoms with Crippen LogP contribution in [0.3, 0.4) is 0 Å². The minimum absolute atomic E-state index is 0.0837. The van der Waals surface area contributed by atoms with E-state index in [1.54, 1.807) is 18.3 Å². The van der Waals surface area contributed by atoms with Crippen LogP contribution in [0.5, 0.6) is 0 Å². The number of hydrogen-bond acceptors (Lipinski definition) is 3. The molecule has 2 N–H and O–H groups in total. The van der Waals surface area contributed by atoms with Crippen LogP contribution in [0.15, 0.2) is 18.3 Å². The fourth-order valence-corrected chi connectivity index (χ4v) is 1.25. The molecule has 0 aliphatic carbocycles. The van der Waals surface area contributed by atoms with E-state index in [2.05, 4.69) is 36.0 Å². The Morgan fingerprint density at radius 3 is 3.00 bits per heavy atom. The summed E-state index contributed by atoms with van der Waals surface area (Å²) in [6.45, 7) is 4.35. The van der Waals surface area contributed by atoms with Crippen molar-refractivity contribution in [1.29, 1.82) is 0 Å². The van der Waals surface area contributed by atoms with Gasteiger partial charge in [0.15, 0.2) is 0 Å². The van der Waals surface area contributed by atoms with E-state index >= 15 is 0 Å². The van der Waals surface area contributed by atoms with E-state index in [-0.39, 0.29) is 19.1 Å². The van der Waals surface area contributed by atoms with Crippen molar-refractivity contribution < 1.29 is 9.90 Å². The Morgan fingerprint density at radius 2 is 2.33 bits per heavy atom. The Bertz CT molecular complexity index is 458. The number of aromatic nitrogens is 1. The van der Waals surface area contributed by atoms with Crippen LogP contribution in [0, 0.1) is 17.8 Å². The third-order valence-corrected chi connectivity index (χ3v) is 2.13.